The molecule has 0 amide bonds. The number of nitro groups is 1. The third-order valence-electron chi connectivity index (χ3n) is 6.08. The number of nitrogens with zero attached hydrogens (tertiary/aromatic N) is 4. The fourth-order valence-electron chi connectivity index (χ4n) is 4.31. The molecule has 8 nitrogen and oxygen atoms in total. The van der Waals surface area contributed by atoms with Gasteiger partial charge in [0.15, 0.2) is 0 Å². The highest BCUT2D eigenvalue weighted by Crippen LogP contribution is 2.39. The predicted octanol–water partition coefficient (Wildman–Crippen LogP) is 6.11. The SMILES string of the molecule is COc1cc([N+](=O)[O-])ccc1-c1ccc(C=Nc2sc3c(c2C#N)CCN(Cc2ccccc2)C3)o1. The number of benzene rings is 2. The van der Waals surface area contributed by atoms with E-state index in [2.05, 4.69) is 28.1 Å². The van der Waals surface area contributed by atoms with Gasteiger partial charge in [0.2, 0.25) is 0 Å². The van der Waals surface area contributed by atoms with Crippen molar-refractivity contribution in [3.63, 3.8) is 0 Å². The fourth-order valence-corrected chi connectivity index (χ4v) is 5.50. The van der Waals surface area contributed by atoms with Crippen LogP contribution >= 0.6 is 11.3 Å². The Morgan fingerprint density at radius 2 is 2.08 bits per heavy atom. The summed E-state index contributed by atoms with van der Waals surface area (Å²) in [7, 11) is 1.46. The lowest BCUT2D eigenvalue weighted by Gasteiger charge is -2.26. The van der Waals surface area contributed by atoms with E-state index >= 15 is 0 Å². The zero-order chi connectivity index (χ0) is 25.1. The van der Waals surface area contributed by atoms with E-state index in [9.17, 15) is 15.4 Å². The Kier molecular flexibility index (Phi) is 6.62. The van der Waals surface area contributed by atoms with Crippen LogP contribution in [0, 0.1) is 21.4 Å². The number of furan rings is 1. The maximum Gasteiger partial charge on any atom is 0.273 e. The van der Waals surface area contributed by atoms with Crippen LogP contribution in [0.5, 0.6) is 5.75 Å². The van der Waals surface area contributed by atoms with Gasteiger partial charge in [-0.05, 0) is 35.7 Å². The van der Waals surface area contributed by atoms with Gasteiger partial charge in [-0.3, -0.25) is 15.0 Å². The van der Waals surface area contributed by atoms with Crippen LogP contribution in [0.25, 0.3) is 11.3 Å². The summed E-state index contributed by atoms with van der Waals surface area (Å²) in [4.78, 5) is 18.7. The number of hydrogen-bond acceptors (Lipinski definition) is 8. The van der Waals surface area contributed by atoms with E-state index in [1.807, 2.05) is 18.2 Å². The molecule has 36 heavy (non-hydrogen) atoms. The molecule has 0 bridgehead atoms. The van der Waals surface area contributed by atoms with Gasteiger partial charge < -0.3 is 9.15 Å². The van der Waals surface area contributed by atoms with E-state index < -0.39 is 4.92 Å². The van der Waals surface area contributed by atoms with E-state index in [4.69, 9.17) is 9.15 Å². The van der Waals surface area contributed by atoms with Gasteiger partial charge in [0.05, 0.1) is 35.4 Å². The van der Waals surface area contributed by atoms with Crippen molar-refractivity contribution in [2.45, 2.75) is 19.5 Å². The maximum absolute atomic E-state index is 11.1. The van der Waals surface area contributed by atoms with Gasteiger partial charge in [0.1, 0.15) is 28.3 Å². The molecule has 0 N–H and O–H groups in total. The molecule has 4 aromatic rings. The van der Waals surface area contributed by atoms with Crippen molar-refractivity contribution in [3.8, 4) is 23.1 Å². The van der Waals surface area contributed by atoms with Gasteiger partial charge >= 0.3 is 0 Å². The molecule has 3 heterocycles. The third-order valence-corrected chi connectivity index (χ3v) is 7.20. The van der Waals surface area contributed by atoms with E-state index in [0.717, 1.165) is 31.6 Å². The highest BCUT2D eigenvalue weighted by molar-refractivity contribution is 7.16. The highest BCUT2D eigenvalue weighted by Gasteiger charge is 2.24. The monoisotopic (exact) mass is 498 g/mol. The lowest BCUT2D eigenvalue weighted by atomic mass is 10.0. The zero-order valence-corrected chi connectivity index (χ0v) is 20.3. The average Bonchev–Trinajstić information content (AvgIpc) is 3.51. The van der Waals surface area contributed by atoms with Gasteiger partial charge in [-0.2, -0.15) is 5.26 Å². The maximum atomic E-state index is 11.1. The van der Waals surface area contributed by atoms with E-state index in [1.165, 1.54) is 29.7 Å². The molecule has 0 saturated heterocycles. The minimum Gasteiger partial charge on any atom is -0.496 e. The molecule has 0 radical (unpaired) electrons. The van der Waals surface area contributed by atoms with Crippen molar-refractivity contribution in [2.75, 3.05) is 13.7 Å². The quantitative estimate of drug-likeness (QED) is 0.173. The first-order valence-corrected chi connectivity index (χ1v) is 12.1. The number of ether oxygens (including phenoxy) is 1. The number of thiophene rings is 1. The first-order valence-electron chi connectivity index (χ1n) is 11.3. The van der Waals surface area contributed by atoms with Crippen LogP contribution in [-0.2, 0) is 19.5 Å². The first-order chi connectivity index (χ1) is 17.6. The number of methoxy groups -OCH3 is 1. The van der Waals surface area contributed by atoms with Crippen molar-refractivity contribution in [1.82, 2.24) is 4.90 Å². The minimum atomic E-state index is -0.471. The molecule has 5 rings (SSSR count). The summed E-state index contributed by atoms with van der Waals surface area (Å²) in [6, 6.07) is 20.6. The van der Waals surface area contributed by atoms with E-state index in [0.29, 0.717) is 33.4 Å². The molecule has 0 saturated carbocycles. The largest absolute Gasteiger partial charge is 0.496 e. The van der Waals surface area contributed by atoms with Crippen molar-refractivity contribution in [2.24, 2.45) is 4.99 Å². The summed E-state index contributed by atoms with van der Waals surface area (Å²) in [6.45, 7) is 2.57. The number of nitriles is 1. The average molecular weight is 499 g/mol. The molecule has 2 aromatic heterocycles. The van der Waals surface area contributed by atoms with Crippen LogP contribution in [0.2, 0.25) is 0 Å². The van der Waals surface area contributed by atoms with Crippen LogP contribution in [-0.4, -0.2) is 29.7 Å². The van der Waals surface area contributed by atoms with Gasteiger partial charge in [-0.15, -0.1) is 11.3 Å². The van der Waals surface area contributed by atoms with E-state index in [-0.39, 0.29) is 5.69 Å². The Labute approximate surface area is 211 Å². The lowest BCUT2D eigenvalue weighted by molar-refractivity contribution is -0.384. The molecule has 0 fully saturated rings. The second-order valence-corrected chi connectivity index (χ2v) is 9.43. The van der Waals surface area contributed by atoms with Crippen molar-refractivity contribution >= 4 is 28.2 Å². The standard InChI is InChI=1S/C27H22N4O4S/c1-34-25-13-19(31(32)33)7-9-22(25)24-10-8-20(35-24)15-29-27-23(14-28)21-11-12-30(17-26(21)36-27)16-18-5-3-2-4-6-18/h2-10,13,15H,11-12,16-17H2,1H3. The molecular formula is C27H22N4O4S. The highest BCUT2D eigenvalue weighted by atomic mass is 32.1. The summed E-state index contributed by atoms with van der Waals surface area (Å²) in [5.41, 5.74) is 3.54. The van der Waals surface area contributed by atoms with Crippen LogP contribution in [0.1, 0.15) is 27.3 Å². The Bertz CT molecular complexity index is 1480. The lowest BCUT2D eigenvalue weighted by Crippen LogP contribution is -2.29. The molecule has 0 spiro atoms. The molecule has 2 aromatic carbocycles. The Morgan fingerprint density at radius 1 is 1.25 bits per heavy atom. The Balaban J connectivity index is 1.35. The predicted molar refractivity (Wildman–Crippen MR) is 138 cm³/mol. The molecule has 9 heteroatoms. The van der Waals surface area contributed by atoms with Gasteiger partial charge in [0, 0.05) is 30.6 Å². The van der Waals surface area contributed by atoms with Gasteiger partial charge in [-0.1, -0.05) is 30.3 Å². The van der Waals surface area contributed by atoms with Crippen molar-refractivity contribution in [3.05, 3.63) is 98.1 Å². The second-order valence-electron chi connectivity index (χ2n) is 8.34. The smallest absolute Gasteiger partial charge is 0.273 e. The summed E-state index contributed by atoms with van der Waals surface area (Å²) in [5, 5.41) is 21.5. The first kappa shape index (κ1) is 23.5. The number of aliphatic imine (C=N–C) groups is 1. The van der Waals surface area contributed by atoms with Crippen LogP contribution in [0.3, 0.4) is 0 Å². The summed E-state index contributed by atoms with van der Waals surface area (Å²) in [5.74, 6) is 1.36. The Morgan fingerprint density at radius 3 is 2.83 bits per heavy atom. The molecule has 0 unspecified atom stereocenters. The second kappa shape index (κ2) is 10.2. The molecule has 0 atom stereocenters. The minimum absolute atomic E-state index is 0.0584. The van der Waals surface area contributed by atoms with Crippen LogP contribution < -0.4 is 4.74 Å². The molecule has 180 valence electrons. The molecular weight excluding hydrogens is 476 g/mol. The topological polar surface area (TPSA) is 105 Å². The van der Waals surface area contributed by atoms with Crippen molar-refractivity contribution < 1.29 is 14.1 Å². The van der Waals surface area contributed by atoms with Gasteiger partial charge in [-0.25, -0.2) is 4.99 Å². The Hall–Kier alpha value is -4.26. The third kappa shape index (κ3) is 4.77. The van der Waals surface area contributed by atoms with Crippen LogP contribution in [0.4, 0.5) is 10.7 Å². The number of rotatable bonds is 7. The fraction of sp³-hybridized carbons (Fsp3) is 0.185. The van der Waals surface area contributed by atoms with Crippen molar-refractivity contribution in [1.29, 1.82) is 5.26 Å². The summed E-state index contributed by atoms with van der Waals surface area (Å²) >= 11 is 1.55. The number of fused-ring (bicyclic) bond motifs is 1. The molecule has 0 aliphatic carbocycles. The summed E-state index contributed by atoms with van der Waals surface area (Å²) in [6.07, 6.45) is 2.42. The van der Waals surface area contributed by atoms with E-state index in [1.54, 1.807) is 35.8 Å². The normalized spacial score (nSPS) is 13.4. The number of hydrogen-bond donors (Lipinski definition) is 0. The number of non-ortho nitro benzene ring substituents is 1. The zero-order valence-electron chi connectivity index (χ0n) is 19.5. The number of nitro benzene ring substituents is 1. The van der Waals surface area contributed by atoms with Gasteiger partial charge in [0.25, 0.3) is 5.69 Å². The molecule has 1 aliphatic heterocycles. The van der Waals surface area contributed by atoms with Crippen LogP contribution in [0.15, 0.2) is 70.1 Å². The summed E-state index contributed by atoms with van der Waals surface area (Å²) < 4.78 is 11.2. The molecule has 1 aliphatic rings.